The Bertz CT molecular complexity index is 1880. The molecule has 234 valence electrons. The lowest BCUT2D eigenvalue weighted by atomic mass is 9.81. The summed E-state index contributed by atoms with van der Waals surface area (Å²) in [4.78, 5) is 52.2. The summed E-state index contributed by atoms with van der Waals surface area (Å²) in [7, 11) is 0. The molecule has 1 aliphatic rings. The number of carbonyl (C=O) groups is 3. The van der Waals surface area contributed by atoms with Crippen molar-refractivity contribution in [1.82, 2.24) is 19.5 Å². The Balaban J connectivity index is 1.39. The summed E-state index contributed by atoms with van der Waals surface area (Å²) >= 11 is 12.4. The van der Waals surface area contributed by atoms with E-state index in [1.807, 2.05) is 0 Å². The van der Waals surface area contributed by atoms with Crippen molar-refractivity contribution in [3.63, 3.8) is 0 Å². The zero-order valence-corrected chi connectivity index (χ0v) is 25.8. The van der Waals surface area contributed by atoms with Gasteiger partial charge in [-0.1, -0.05) is 66.2 Å². The number of esters is 3. The molecule has 3 aromatic carbocycles. The van der Waals surface area contributed by atoms with Crippen LogP contribution in [0.5, 0.6) is 0 Å². The number of imidazole rings is 1. The summed E-state index contributed by atoms with van der Waals surface area (Å²) in [5, 5.41) is -0.125. The molecule has 13 heteroatoms. The van der Waals surface area contributed by atoms with Gasteiger partial charge >= 0.3 is 17.9 Å². The highest BCUT2D eigenvalue weighted by atomic mass is 35.5. The van der Waals surface area contributed by atoms with Crippen molar-refractivity contribution in [2.24, 2.45) is 5.41 Å². The quantitative estimate of drug-likeness (QED) is 0.0805. The number of halogens is 2. The number of hydrogen-bond donors (Lipinski definition) is 0. The van der Waals surface area contributed by atoms with Gasteiger partial charge in [-0.3, -0.25) is 4.57 Å². The first kappa shape index (κ1) is 31.2. The second-order valence-electron chi connectivity index (χ2n) is 10.7. The molecular formula is C33H26Cl2N4O7. The van der Waals surface area contributed by atoms with Crippen molar-refractivity contribution < 1.29 is 33.3 Å². The average molecular weight is 661 g/mol. The van der Waals surface area contributed by atoms with Crippen molar-refractivity contribution in [2.45, 2.75) is 25.4 Å². The van der Waals surface area contributed by atoms with E-state index in [4.69, 9.17) is 42.1 Å². The maximum absolute atomic E-state index is 13.5. The topological polar surface area (TPSA) is 132 Å². The van der Waals surface area contributed by atoms with Crippen LogP contribution in [0.4, 0.5) is 0 Å². The highest BCUT2D eigenvalue weighted by Crippen LogP contribution is 2.47. The number of rotatable bonds is 9. The van der Waals surface area contributed by atoms with Crippen LogP contribution in [0, 0.1) is 5.41 Å². The molecule has 1 fully saturated rings. The predicted octanol–water partition coefficient (Wildman–Crippen LogP) is 5.98. The highest BCUT2D eigenvalue weighted by Gasteiger charge is 2.58. The molecule has 0 spiro atoms. The lowest BCUT2D eigenvalue weighted by Crippen LogP contribution is -2.46. The third-order valence-corrected chi connectivity index (χ3v) is 8.15. The SMILES string of the molecule is CC1(COC(=O)c2ccccc2)C(COC(=O)c2ccccc2)OC(n2cnc3c(Cl)nc(Cl)nc32)C1OC(=O)c1ccccc1. The van der Waals surface area contributed by atoms with Crippen LogP contribution in [0.25, 0.3) is 11.2 Å². The van der Waals surface area contributed by atoms with Gasteiger partial charge in [0.05, 0.1) is 28.4 Å². The zero-order chi connectivity index (χ0) is 32.3. The Morgan fingerprint density at radius 2 is 1.35 bits per heavy atom. The molecule has 0 amide bonds. The van der Waals surface area contributed by atoms with Gasteiger partial charge in [0.25, 0.3) is 0 Å². The second-order valence-corrected chi connectivity index (χ2v) is 11.4. The lowest BCUT2D eigenvalue weighted by molar-refractivity contribution is -0.0623. The molecule has 0 radical (unpaired) electrons. The van der Waals surface area contributed by atoms with Crippen LogP contribution in [0.15, 0.2) is 97.3 Å². The fraction of sp³-hybridized carbons (Fsp3) is 0.212. The first-order valence-corrected chi connectivity index (χ1v) is 14.9. The number of carbonyl (C=O) groups excluding carboxylic acids is 3. The summed E-state index contributed by atoms with van der Waals surface area (Å²) in [6.45, 7) is 1.18. The monoisotopic (exact) mass is 660 g/mol. The molecular weight excluding hydrogens is 635 g/mol. The largest absolute Gasteiger partial charge is 0.461 e. The Morgan fingerprint density at radius 3 is 1.93 bits per heavy atom. The Labute approximate surface area is 273 Å². The van der Waals surface area contributed by atoms with Gasteiger partial charge in [-0.2, -0.15) is 4.98 Å². The molecule has 46 heavy (non-hydrogen) atoms. The lowest BCUT2D eigenvalue weighted by Gasteiger charge is -2.34. The minimum Gasteiger partial charge on any atom is -0.461 e. The molecule has 1 saturated heterocycles. The van der Waals surface area contributed by atoms with Crippen LogP contribution in [0.3, 0.4) is 0 Å². The molecule has 1 aliphatic heterocycles. The summed E-state index contributed by atoms with van der Waals surface area (Å²) in [5.41, 5.74) is 0.122. The molecule has 0 bridgehead atoms. The summed E-state index contributed by atoms with van der Waals surface area (Å²) in [5.74, 6) is -1.84. The summed E-state index contributed by atoms with van der Waals surface area (Å²) in [6.07, 6.45) is -1.77. The molecule has 0 saturated carbocycles. The molecule has 5 aromatic rings. The number of aromatic nitrogens is 4. The van der Waals surface area contributed by atoms with E-state index >= 15 is 0 Å². The standard InChI is InChI=1S/C33H26Cl2N4O7/c1-33(18-44-30(41)21-13-7-3-8-14-21)23(17-43-29(40)20-11-5-2-6-12-20)45-28(25(33)46-31(42)22-15-9-4-10-16-22)39-19-36-24-26(34)37-32(35)38-27(24)39/h2-16,19,23,25,28H,17-18H2,1H3. The van der Waals surface area contributed by atoms with Crippen molar-refractivity contribution in [3.8, 4) is 0 Å². The second kappa shape index (κ2) is 13.3. The molecule has 4 atom stereocenters. The highest BCUT2D eigenvalue weighted by molar-refractivity contribution is 6.35. The van der Waals surface area contributed by atoms with Crippen LogP contribution in [-0.2, 0) is 18.9 Å². The average Bonchev–Trinajstić information content (AvgIpc) is 3.62. The molecule has 4 unspecified atom stereocenters. The Kier molecular flexibility index (Phi) is 8.98. The fourth-order valence-corrected chi connectivity index (χ4v) is 5.62. The number of hydrogen-bond acceptors (Lipinski definition) is 10. The number of fused-ring (bicyclic) bond motifs is 1. The van der Waals surface area contributed by atoms with Crippen molar-refractivity contribution in [1.29, 1.82) is 0 Å². The molecule has 0 aliphatic carbocycles. The van der Waals surface area contributed by atoms with Crippen LogP contribution in [0.2, 0.25) is 10.4 Å². The van der Waals surface area contributed by atoms with Crippen LogP contribution >= 0.6 is 23.2 Å². The van der Waals surface area contributed by atoms with Gasteiger partial charge < -0.3 is 18.9 Å². The van der Waals surface area contributed by atoms with Gasteiger partial charge in [0.15, 0.2) is 23.1 Å². The summed E-state index contributed by atoms with van der Waals surface area (Å²) in [6, 6.07) is 25.3. The normalized spacial score (nSPS) is 20.7. The maximum Gasteiger partial charge on any atom is 0.338 e. The van der Waals surface area contributed by atoms with E-state index in [0.29, 0.717) is 11.1 Å². The Morgan fingerprint density at radius 1 is 0.804 bits per heavy atom. The van der Waals surface area contributed by atoms with Crippen molar-refractivity contribution in [3.05, 3.63) is 124 Å². The number of nitrogens with zero attached hydrogens (tertiary/aromatic N) is 4. The van der Waals surface area contributed by atoms with E-state index in [1.54, 1.807) is 97.9 Å². The van der Waals surface area contributed by atoms with Gasteiger partial charge in [0.2, 0.25) is 5.28 Å². The van der Waals surface area contributed by atoms with Crippen molar-refractivity contribution >= 4 is 52.3 Å². The predicted molar refractivity (Wildman–Crippen MR) is 166 cm³/mol. The van der Waals surface area contributed by atoms with Crippen LogP contribution in [0.1, 0.15) is 44.2 Å². The van der Waals surface area contributed by atoms with E-state index in [-0.39, 0.29) is 40.4 Å². The van der Waals surface area contributed by atoms with Crippen molar-refractivity contribution in [2.75, 3.05) is 13.2 Å². The molecule has 2 aromatic heterocycles. The number of benzene rings is 3. The van der Waals surface area contributed by atoms with Gasteiger partial charge in [0, 0.05) is 0 Å². The zero-order valence-electron chi connectivity index (χ0n) is 24.3. The third kappa shape index (κ3) is 6.30. The molecule has 11 nitrogen and oxygen atoms in total. The van der Waals surface area contributed by atoms with Crippen LogP contribution in [-0.4, -0.2) is 62.8 Å². The van der Waals surface area contributed by atoms with E-state index in [1.165, 1.54) is 10.9 Å². The smallest absolute Gasteiger partial charge is 0.338 e. The summed E-state index contributed by atoms with van der Waals surface area (Å²) < 4.78 is 25.7. The first-order chi connectivity index (χ1) is 22.2. The van der Waals surface area contributed by atoms with Gasteiger partial charge in [-0.05, 0) is 54.9 Å². The maximum atomic E-state index is 13.5. The van der Waals surface area contributed by atoms with E-state index in [2.05, 4.69) is 15.0 Å². The van der Waals surface area contributed by atoms with Crippen LogP contribution < -0.4 is 0 Å². The molecule has 3 heterocycles. The fourth-order valence-electron chi connectivity index (χ4n) is 5.20. The minimum absolute atomic E-state index is 0.0115. The van der Waals surface area contributed by atoms with Gasteiger partial charge in [-0.25, -0.2) is 24.4 Å². The molecule has 0 N–H and O–H groups in total. The third-order valence-electron chi connectivity index (χ3n) is 7.72. The number of ether oxygens (including phenoxy) is 4. The molecule has 6 rings (SSSR count). The van der Waals surface area contributed by atoms with E-state index < -0.39 is 41.8 Å². The van der Waals surface area contributed by atoms with Gasteiger partial charge in [0.1, 0.15) is 24.8 Å². The van der Waals surface area contributed by atoms with Gasteiger partial charge in [-0.15, -0.1) is 0 Å². The van der Waals surface area contributed by atoms with E-state index in [9.17, 15) is 14.4 Å². The Hall–Kier alpha value is -4.84. The minimum atomic E-state index is -1.27. The first-order valence-electron chi connectivity index (χ1n) is 14.2. The van der Waals surface area contributed by atoms with E-state index in [0.717, 1.165) is 0 Å².